The number of primary amides is 1. The van der Waals surface area contributed by atoms with Gasteiger partial charge in [-0.05, 0) is 58.7 Å². The highest BCUT2D eigenvalue weighted by molar-refractivity contribution is 5.85. The molecule has 2 fully saturated rings. The second-order valence-corrected chi connectivity index (χ2v) is 6.36. The van der Waals surface area contributed by atoms with Crippen LogP contribution < -0.4 is 11.1 Å². The summed E-state index contributed by atoms with van der Waals surface area (Å²) in [5.41, 5.74) is 5.16. The molecule has 2 rings (SSSR count). The SMILES string of the molecule is CNC1(C(N)=O)CCCC1CCN(C)CC1CCCO1. The van der Waals surface area contributed by atoms with Crippen LogP contribution >= 0.6 is 0 Å². The zero-order valence-corrected chi connectivity index (χ0v) is 12.9. The summed E-state index contributed by atoms with van der Waals surface area (Å²) in [6, 6.07) is 0. The average Bonchev–Trinajstić information content (AvgIpc) is 3.05. The van der Waals surface area contributed by atoms with Gasteiger partial charge in [0.15, 0.2) is 0 Å². The van der Waals surface area contributed by atoms with Gasteiger partial charge in [-0.2, -0.15) is 0 Å². The zero-order chi connectivity index (χ0) is 14.6. The van der Waals surface area contributed by atoms with Crippen LogP contribution in [0.15, 0.2) is 0 Å². The van der Waals surface area contributed by atoms with Crippen LogP contribution in [-0.4, -0.2) is 56.2 Å². The molecule has 5 nitrogen and oxygen atoms in total. The van der Waals surface area contributed by atoms with E-state index in [1.807, 2.05) is 7.05 Å². The lowest BCUT2D eigenvalue weighted by atomic mass is 9.84. The van der Waals surface area contributed by atoms with Gasteiger partial charge in [-0.25, -0.2) is 0 Å². The van der Waals surface area contributed by atoms with Crippen molar-refractivity contribution in [1.29, 1.82) is 0 Å². The van der Waals surface area contributed by atoms with E-state index in [4.69, 9.17) is 10.5 Å². The van der Waals surface area contributed by atoms with E-state index < -0.39 is 5.54 Å². The van der Waals surface area contributed by atoms with Gasteiger partial charge in [0.25, 0.3) is 0 Å². The molecular weight excluding hydrogens is 254 g/mol. The molecule has 0 aromatic carbocycles. The number of ether oxygens (including phenoxy) is 1. The van der Waals surface area contributed by atoms with E-state index in [1.54, 1.807) is 0 Å². The Morgan fingerprint density at radius 2 is 2.25 bits per heavy atom. The molecule has 2 aliphatic rings. The van der Waals surface area contributed by atoms with E-state index in [0.29, 0.717) is 12.0 Å². The van der Waals surface area contributed by atoms with Crippen molar-refractivity contribution >= 4 is 5.91 Å². The summed E-state index contributed by atoms with van der Waals surface area (Å²) >= 11 is 0. The average molecular weight is 283 g/mol. The summed E-state index contributed by atoms with van der Waals surface area (Å²) in [5, 5.41) is 3.21. The Kier molecular flexibility index (Phi) is 5.41. The molecule has 0 spiro atoms. The summed E-state index contributed by atoms with van der Waals surface area (Å²) < 4.78 is 5.67. The topological polar surface area (TPSA) is 67.6 Å². The molecule has 3 unspecified atom stereocenters. The van der Waals surface area contributed by atoms with Crippen LogP contribution in [0.5, 0.6) is 0 Å². The van der Waals surface area contributed by atoms with Crippen LogP contribution in [0.2, 0.25) is 0 Å². The summed E-state index contributed by atoms with van der Waals surface area (Å²) in [6.45, 7) is 2.91. The third-order valence-corrected chi connectivity index (χ3v) is 5.11. The van der Waals surface area contributed by atoms with Crippen LogP contribution in [0.1, 0.15) is 38.5 Å². The van der Waals surface area contributed by atoms with E-state index in [2.05, 4.69) is 17.3 Å². The van der Waals surface area contributed by atoms with E-state index in [1.165, 1.54) is 12.8 Å². The maximum atomic E-state index is 11.8. The lowest BCUT2D eigenvalue weighted by molar-refractivity contribution is -0.125. The number of hydrogen-bond donors (Lipinski definition) is 2. The second kappa shape index (κ2) is 6.87. The number of likely N-dealkylation sites (N-methyl/N-ethyl adjacent to an activating group) is 2. The number of nitrogens with two attached hydrogens (primary N) is 1. The molecule has 0 aromatic heterocycles. The van der Waals surface area contributed by atoms with Crippen molar-refractivity contribution in [2.75, 3.05) is 33.8 Å². The van der Waals surface area contributed by atoms with Crippen molar-refractivity contribution in [1.82, 2.24) is 10.2 Å². The molecule has 0 bridgehead atoms. The zero-order valence-electron chi connectivity index (χ0n) is 12.9. The largest absolute Gasteiger partial charge is 0.377 e. The normalized spacial score (nSPS) is 34.0. The fourth-order valence-electron chi connectivity index (χ4n) is 3.85. The summed E-state index contributed by atoms with van der Waals surface area (Å²) in [6.07, 6.45) is 6.84. The predicted octanol–water partition coefficient (Wildman–Crippen LogP) is 0.731. The van der Waals surface area contributed by atoms with Gasteiger partial charge in [-0.1, -0.05) is 6.42 Å². The Morgan fingerprint density at radius 3 is 2.85 bits per heavy atom. The molecule has 5 heteroatoms. The summed E-state index contributed by atoms with van der Waals surface area (Å²) in [7, 11) is 4.00. The third-order valence-electron chi connectivity index (χ3n) is 5.11. The van der Waals surface area contributed by atoms with Crippen LogP contribution in [-0.2, 0) is 9.53 Å². The van der Waals surface area contributed by atoms with E-state index in [0.717, 1.165) is 45.4 Å². The van der Waals surface area contributed by atoms with Crippen molar-refractivity contribution in [2.45, 2.75) is 50.2 Å². The fourth-order valence-corrected chi connectivity index (χ4v) is 3.85. The number of rotatable bonds is 7. The van der Waals surface area contributed by atoms with Gasteiger partial charge in [-0.15, -0.1) is 0 Å². The molecule has 20 heavy (non-hydrogen) atoms. The van der Waals surface area contributed by atoms with Crippen molar-refractivity contribution in [3.8, 4) is 0 Å². The summed E-state index contributed by atoms with van der Waals surface area (Å²) in [4.78, 5) is 14.1. The molecule has 3 N–H and O–H groups in total. The number of carbonyl (C=O) groups excluding carboxylic acids is 1. The van der Waals surface area contributed by atoms with Gasteiger partial charge in [0, 0.05) is 13.2 Å². The predicted molar refractivity (Wildman–Crippen MR) is 79.4 cm³/mol. The molecule has 0 radical (unpaired) electrons. The van der Waals surface area contributed by atoms with Crippen LogP contribution in [0.4, 0.5) is 0 Å². The Balaban J connectivity index is 1.81. The lowest BCUT2D eigenvalue weighted by Crippen LogP contribution is -2.56. The number of hydrogen-bond acceptors (Lipinski definition) is 4. The fraction of sp³-hybridized carbons (Fsp3) is 0.933. The van der Waals surface area contributed by atoms with Crippen LogP contribution in [0, 0.1) is 5.92 Å². The third kappa shape index (κ3) is 3.32. The maximum absolute atomic E-state index is 11.8. The van der Waals surface area contributed by atoms with Crippen molar-refractivity contribution in [2.24, 2.45) is 11.7 Å². The first kappa shape index (κ1) is 15.7. The van der Waals surface area contributed by atoms with E-state index in [-0.39, 0.29) is 5.91 Å². The molecule has 3 atom stereocenters. The minimum Gasteiger partial charge on any atom is -0.377 e. The van der Waals surface area contributed by atoms with Crippen molar-refractivity contribution < 1.29 is 9.53 Å². The number of amides is 1. The van der Waals surface area contributed by atoms with E-state index >= 15 is 0 Å². The number of carbonyl (C=O) groups is 1. The Labute approximate surface area is 122 Å². The lowest BCUT2D eigenvalue weighted by Gasteiger charge is -2.33. The Bertz CT molecular complexity index is 331. The molecule has 1 aliphatic heterocycles. The minimum atomic E-state index is -0.481. The van der Waals surface area contributed by atoms with Crippen LogP contribution in [0.3, 0.4) is 0 Å². The molecule has 0 aromatic rings. The molecule has 1 heterocycles. The molecule has 1 saturated heterocycles. The van der Waals surface area contributed by atoms with E-state index in [9.17, 15) is 4.79 Å². The summed E-state index contributed by atoms with van der Waals surface area (Å²) in [5.74, 6) is 0.168. The Hall–Kier alpha value is -0.650. The first-order chi connectivity index (χ1) is 9.58. The maximum Gasteiger partial charge on any atom is 0.238 e. The standard InChI is InChI=1S/C15H29N3O2/c1-17-15(14(16)19)8-3-5-12(15)7-9-18(2)11-13-6-4-10-20-13/h12-13,17H,3-11H2,1-2H3,(H2,16,19). The first-order valence-electron chi connectivity index (χ1n) is 7.87. The molecule has 1 saturated carbocycles. The van der Waals surface area contributed by atoms with Gasteiger partial charge < -0.3 is 20.7 Å². The minimum absolute atomic E-state index is 0.190. The second-order valence-electron chi connectivity index (χ2n) is 6.36. The molecule has 1 amide bonds. The van der Waals surface area contributed by atoms with Crippen molar-refractivity contribution in [3.63, 3.8) is 0 Å². The molecular formula is C15H29N3O2. The number of nitrogens with one attached hydrogen (secondary N) is 1. The van der Waals surface area contributed by atoms with Gasteiger partial charge in [0.2, 0.25) is 5.91 Å². The smallest absolute Gasteiger partial charge is 0.238 e. The van der Waals surface area contributed by atoms with Gasteiger partial charge in [-0.3, -0.25) is 4.79 Å². The van der Waals surface area contributed by atoms with Crippen molar-refractivity contribution in [3.05, 3.63) is 0 Å². The van der Waals surface area contributed by atoms with Crippen LogP contribution in [0.25, 0.3) is 0 Å². The van der Waals surface area contributed by atoms with Gasteiger partial charge in [0.05, 0.1) is 6.10 Å². The quantitative estimate of drug-likeness (QED) is 0.723. The number of nitrogens with zero attached hydrogens (tertiary/aromatic N) is 1. The molecule has 116 valence electrons. The monoisotopic (exact) mass is 283 g/mol. The van der Waals surface area contributed by atoms with Gasteiger partial charge in [0.1, 0.15) is 5.54 Å². The highest BCUT2D eigenvalue weighted by Crippen LogP contribution is 2.37. The first-order valence-corrected chi connectivity index (χ1v) is 7.87. The van der Waals surface area contributed by atoms with Gasteiger partial charge >= 0.3 is 0 Å². The Morgan fingerprint density at radius 1 is 1.45 bits per heavy atom. The highest BCUT2D eigenvalue weighted by atomic mass is 16.5. The molecule has 1 aliphatic carbocycles. The highest BCUT2D eigenvalue weighted by Gasteiger charge is 2.46.